The number of amides is 2. The molecule has 0 spiro atoms. The smallest absolute Gasteiger partial charge is 0.263 e. The zero-order chi connectivity index (χ0) is 23.5. The lowest BCUT2D eigenvalue weighted by atomic mass is 10.0. The Hall–Kier alpha value is -4.16. The second-order valence-corrected chi connectivity index (χ2v) is 8.12. The summed E-state index contributed by atoms with van der Waals surface area (Å²) in [5.74, 6) is -0.156. The highest BCUT2D eigenvalue weighted by atomic mass is 16.5. The number of fused-ring (bicyclic) bond motifs is 2. The molecular formula is C28H25N3O3. The largest absolute Gasteiger partial charge is 0.383 e. The van der Waals surface area contributed by atoms with Gasteiger partial charge in [-0.1, -0.05) is 54.6 Å². The van der Waals surface area contributed by atoms with Crippen molar-refractivity contribution in [1.29, 1.82) is 0 Å². The van der Waals surface area contributed by atoms with E-state index in [2.05, 4.69) is 5.32 Å². The van der Waals surface area contributed by atoms with Crippen LogP contribution in [-0.2, 0) is 20.9 Å². The van der Waals surface area contributed by atoms with E-state index in [1.807, 2.05) is 95.7 Å². The van der Waals surface area contributed by atoms with Crippen LogP contribution in [0.1, 0.15) is 11.1 Å². The number of methoxy groups -OCH3 is 1. The molecule has 0 atom stereocenters. The molecular weight excluding hydrogens is 426 g/mol. The Bertz CT molecular complexity index is 1390. The topological polar surface area (TPSA) is 63.6 Å². The number of anilines is 2. The Morgan fingerprint density at radius 3 is 2.53 bits per heavy atom. The van der Waals surface area contributed by atoms with Crippen LogP contribution < -0.4 is 10.2 Å². The zero-order valence-corrected chi connectivity index (χ0v) is 18.9. The lowest BCUT2D eigenvalue weighted by molar-refractivity contribution is -0.121. The number of rotatable bonds is 7. The van der Waals surface area contributed by atoms with E-state index >= 15 is 0 Å². The Balaban J connectivity index is 1.55. The van der Waals surface area contributed by atoms with Crippen molar-refractivity contribution in [2.24, 2.45) is 0 Å². The highest BCUT2D eigenvalue weighted by Crippen LogP contribution is 2.42. The van der Waals surface area contributed by atoms with E-state index in [-0.39, 0.29) is 18.4 Å². The summed E-state index contributed by atoms with van der Waals surface area (Å²) < 4.78 is 6.93. The van der Waals surface area contributed by atoms with Gasteiger partial charge in [-0.15, -0.1) is 0 Å². The average Bonchev–Trinajstić information content (AvgIpc) is 3.35. The number of carbonyl (C=O) groups is 2. The number of nitrogens with one attached hydrogen (secondary N) is 1. The second-order valence-electron chi connectivity index (χ2n) is 8.12. The van der Waals surface area contributed by atoms with Crippen molar-refractivity contribution in [1.82, 2.24) is 9.88 Å². The third kappa shape index (κ3) is 4.00. The number of hydrogen-bond donors (Lipinski definition) is 1. The van der Waals surface area contributed by atoms with Crippen LogP contribution in [-0.4, -0.2) is 36.6 Å². The first kappa shape index (κ1) is 21.7. The molecule has 2 amide bonds. The highest BCUT2D eigenvalue weighted by molar-refractivity contribution is 6.38. The summed E-state index contributed by atoms with van der Waals surface area (Å²) in [4.78, 5) is 27.8. The van der Waals surface area contributed by atoms with E-state index in [4.69, 9.17) is 4.74 Å². The minimum Gasteiger partial charge on any atom is -0.383 e. The van der Waals surface area contributed by atoms with Crippen LogP contribution in [0.4, 0.5) is 11.4 Å². The number of aromatic nitrogens is 1. The van der Waals surface area contributed by atoms with Gasteiger partial charge >= 0.3 is 0 Å². The fourth-order valence-corrected chi connectivity index (χ4v) is 4.39. The van der Waals surface area contributed by atoms with E-state index in [0.29, 0.717) is 18.7 Å². The number of carbonyl (C=O) groups excluding carboxylic acids is 2. The van der Waals surface area contributed by atoms with Crippen molar-refractivity contribution in [3.63, 3.8) is 0 Å². The van der Waals surface area contributed by atoms with Crippen molar-refractivity contribution in [3.8, 4) is 0 Å². The molecule has 0 saturated carbocycles. The molecule has 170 valence electrons. The van der Waals surface area contributed by atoms with Crippen molar-refractivity contribution in [2.45, 2.75) is 6.54 Å². The maximum absolute atomic E-state index is 13.6. The summed E-state index contributed by atoms with van der Waals surface area (Å²) in [7, 11) is 1.60. The van der Waals surface area contributed by atoms with Gasteiger partial charge in [0.1, 0.15) is 6.54 Å². The molecule has 1 N–H and O–H groups in total. The number of para-hydroxylation sites is 3. The summed E-state index contributed by atoms with van der Waals surface area (Å²) >= 11 is 0. The van der Waals surface area contributed by atoms with Gasteiger partial charge < -0.3 is 14.6 Å². The number of benzene rings is 3. The van der Waals surface area contributed by atoms with Crippen LogP contribution in [0.25, 0.3) is 22.6 Å². The summed E-state index contributed by atoms with van der Waals surface area (Å²) in [6, 6.07) is 25.4. The van der Waals surface area contributed by atoms with Gasteiger partial charge in [-0.2, -0.15) is 0 Å². The lowest BCUT2D eigenvalue weighted by Crippen LogP contribution is -2.30. The van der Waals surface area contributed by atoms with E-state index in [0.717, 1.165) is 33.4 Å². The van der Waals surface area contributed by atoms with E-state index in [1.165, 1.54) is 0 Å². The quantitative estimate of drug-likeness (QED) is 0.329. The second kappa shape index (κ2) is 9.37. The average molecular weight is 452 g/mol. The van der Waals surface area contributed by atoms with Crippen LogP contribution >= 0.6 is 0 Å². The van der Waals surface area contributed by atoms with Gasteiger partial charge in [-0.25, -0.2) is 0 Å². The molecule has 0 aliphatic carbocycles. The van der Waals surface area contributed by atoms with Gasteiger partial charge in [0, 0.05) is 47.6 Å². The zero-order valence-electron chi connectivity index (χ0n) is 18.9. The molecule has 34 heavy (non-hydrogen) atoms. The standard InChI is InChI=1S/C28H25N3O3/c1-34-16-15-29-27(32)19-30-18-20(22-11-5-7-13-25(22)30)17-24-23-12-6-8-14-26(23)31(28(24)33)21-9-3-2-4-10-21/h2-14,17-18H,15-16,19H2,1H3,(H,29,32). The molecule has 3 aromatic carbocycles. The first-order valence-corrected chi connectivity index (χ1v) is 11.2. The Labute approximate surface area is 198 Å². The molecule has 1 aromatic heterocycles. The molecule has 6 heteroatoms. The fourth-order valence-electron chi connectivity index (χ4n) is 4.39. The van der Waals surface area contributed by atoms with Gasteiger partial charge in [-0.05, 0) is 30.3 Å². The van der Waals surface area contributed by atoms with Crippen molar-refractivity contribution in [3.05, 3.63) is 96.2 Å². The van der Waals surface area contributed by atoms with Crippen molar-refractivity contribution >= 4 is 45.7 Å². The van der Waals surface area contributed by atoms with Gasteiger partial charge in [0.05, 0.1) is 17.9 Å². The number of nitrogens with zero attached hydrogens (tertiary/aromatic N) is 2. The van der Waals surface area contributed by atoms with Crippen LogP contribution in [0.3, 0.4) is 0 Å². The maximum Gasteiger partial charge on any atom is 0.263 e. The number of hydrogen-bond acceptors (Lipinski definition) is 3. The molecule has 0 unspecified atom stereocenters. The Kier molecular flexibility index (Phi) is 5.97. The third-order valence-electron chi connectivity index (χ3n) is 5.94. The Morgan fingerprint density at radius 1 is 0.971 bits per heavy atom. The lowest BCUT2D eigenvalue weighted by Gasteiger charge is -2.16. The summed E-state index contributed by atoms with van der Waals surface area (Å²) in [5, 5.41) is 3.85. The number of ether oxygens (including phenoxy) is 1. The van der Waals surface area contributed by atoms with Crippen molar-refractivity contribution in [2.75, 3.05) is 25.2 Å². The molecule has 0 saturated heterocycles. The normalized spacial score (nSPS) is 14.1. The minimum atomic E-state index is -0.0884. The molecule has 0 bridgehead atoms. The van der Waals surface area contributed by atoms with Gasteiger partial charge in [0.25, 0.3) is 5.91 Å². The van der Waals surface area contributed by atoms with Gasteiger partial charge in [-0.3, -0.25) is 14.5 Å². The highest BCUT2D eigenvalue weighted by Gasteiger charge is 2.33. The van der Waals surface area contributed by atoms with Gasteiger partial charge in [0.2, 0.25) is 5.91 Å². The first-order valence-electron chi connectivity index (χ1n) is 11.2. The molecule has 5 rings (SSSR count). The van der Waals surface area contributed by atoms with E-state index in [1.54, 1.807) is 12.0 Å². The Morgan fingerprint density at radius 2 is 1.71 bits per heavy atom. The molecule has 0 fully saturated rings. The predicted molar refractivity (Wildman–Crippen MR) is 135 cm³/mol. The molecule has 1 aliphatic heterocycles. The SMILES string of the molecule is COCCNC(=O)Cn1cc(C=C2C(=O)N(c3ccccc3)c3ccccc32)c2ccccc21. The molecule has 2 heterocycles. The third-order valence-corrected chi connectivity index (χ3v) is 5.94. The van der Waals surface area contributed by atoms with E-state index < -0.39 is 0 Å². The van der Waals surface area contributed by atoms with Crippen molar-refractivity contribution < 1.29 is 14.3 Å². The van der Waals surface area contributed by atoms with Gasteiger partial charge in [0.15, 0.2) is 0 Å². The van der Waals surface area contributed by atoms with E-state index in [9.17, 15) is 9.59 Å². The first-order chi connectivity index (χ1) is 16.7. The van der Waals surface area contributed by atoms with Crippen LogP contribution in [0.15, 0.2) is 85.1 Å². The molecule has 4 aromatic rings. The molecule has 0 radical (unpaired) electrons. The summed E-state index contributed by atoms with van der Waals surface area (Å²) in [6.45, 7) is 1.12. The molecule has 6 nitrogen and oxygen atoms in total. The summed E-state index contributed by atoms with van der Waals surface area (Å²) in [6.07, 6.45) is 3.88. The maximum atomic E-state index is 13.6. The monoisotopic (exact) mass is 451 g/mol. The summed E-state index contributed by atoms with van der Waals surface area (Å²) in [5.41, 5.74) is 5.06. The predicted octanol–water partition coefficient (Wildman–Crippen LogP) is 4.62. The minimum absolute atomic E-state index is 0.0680. The molecule has 1 aliphatic rings. The van der Waals surface area contributed by atoms with Crippen LogP contribution in [0, 0.1) is 0 Å². The van der Waals surface area contributed by atoms with Crippen LogP contribution in [0.2, 0.25) is 0 Å². The fraction of sp³-hybridized carbons (Fsp3) is 0.143. The van der Waals surface area contributed by atoms with Crippen LogP contribution in [0.5, 0.6) is 0 Å².